The maximum atomic E-state index is 12.5. The van der Waals surface area contributed by atoms with E-state index in [9.17, 15) is 4.79 Å². The monoisotopic (exact) mass is 522 g/mol. The van der Waals surface area contributed by atoms with Crippen LogP contribution in [-0.2, 0) is 17.9 Å². The molecule has 6 nitrogen and oxygen atoms in total. The van der Waals surface area contributed by atoms with Crippen LogP contribution in [0.5, 0.6) is 5.75 Å². The summed E-state index contributed by atoms with van der Waals surface area (Å²) in [5.41, 5.74) is 4.50. The third-order valence-corrected chi connectivity index (χ3v) is 6.97. The van der Waals surface area contributed by atoms with Crippen molar-refractivity contribution in [1.29, 1.82) is 5.26 Å². The van der Waals surface area contributed by atoms with Gasteiger partial charge in [-0.1, -0.05) is 47.5 Å². The minimum atomic E-state index is -0.210. The Morgan fingerprint density at radius 3 is 2.36 bits per heavy atom. The number of piperazine rings is 1. The Balaban J connectivity index is 1.45. The van der Waals surface area contributed by atoms with Gasteiger partial charge in [-0.05, 0) is 60.1 Å². The molecular formula is C28H28Cl2N4O2. The largest absolute Gasteiger partial charge is 0.483 e. The van der Waals surface area contributed by atoms with Crippen molar-refractivity contribution in [2.75, 3.05) is 39.8 Å². The van der Waals surface area contributed by atoms with Crippen LogP contribution in [0.2, 0.25) is 10.0 Å². The quantitative estimate of drug-likeness (QED) is 0.452. The van der Waals surface area contributed by atoms with Crippen LogP contribution in [-0.4, -0.2) is 55.5 Å². The van der Waals surface area contributed by atoms with Gasteiger partial charge in [0.15, 0.2) is 6.61 Å². The summed E-state index contributed by atoms with van der Waals surface area (Å²) in [5, 5.41) is 12.8. The predicted molar refractivity (Wildman–Crippen MR) is 143 cm³/mol. The second-order valence-corrected chi connectivity index (χ2v) is 9.72. The number of ether oxygens (including phenoxy) is 1. The van der Waals surface area contributed by atoms with Gasteiger partial charge in [-0.25, -0.2) is 0 Å². The molecule has 0 unspecified atom stereocenters. The summed E-state index contributed by atoms with van der Waals surface area (Å²) < 4.78 is 5.98. The Bertz CT molecular complexity index is 1250. The fourth-order valence-corrected chi connectivity index (χ4v) is 4.34. The average molecular weight is 523 g/mol. The molecule has 0 aliphatic carbocycles. The van der Waals surface area contributed by atoms with Gasteiger partial charge in [0.25, 0.3) is 5.91 Å². The Hall–Kier alpha value is -3.08. The van der Waals surface area contributed by atoms with Gasteiger partial charge in [-0.3, -0.25) is 9.69 Å². The minimum absolute atomic E-state index is 0.0852. The number of hydrogen-bond acceptors (Lipinski definition) is 5. The lowest BCUT2D eigenvalue weighted by atomic mass is 10.0. The Morgan fingerprint density at radius 1 is 0.972 bits per heavy atom. The lowest BCUT2D eigenvalue weighted by Crippen LogP contribution is -2.43. The third kappa shape index (κ3) is 6.99. The molecule has 4 rings (SSSR count). The molecule has 1 fully saturated rings. The fourth-order valence-electron chi connectivity index (χ4n) is 4.04. The summed E-state index contributed by atoms with van der Waals surface area (Å²) in [5.74, 6) is 0.477. The van der Waals surface area contributed by atoms with E-state index >= 15 is 0 Å². The standard InChI is InChI=1S/C28H28Cl2N4O2/c1-33-10-12-34(13-11-33)18-24-14-22(23-6-8-25(29)26(30)15-23)7-9-27(24)36-19-28(35)32-17-21-4-2-20(16-31)3-5-21/h2-9,14-15H,10-13,17-19H2,1H3,(H,32,35). The van der Waals surface area contributed by atoms with Crippen molar-refractivity contribution in [3.63, 3.8) is 0 Å². The van der Waals surface area contributed by atoms with Crippen LogP contribution in [0.4, 0.5) is 0 Å². The summed E-state index contributed by atoms with van der Waals surface area (Å²) in [6, 6.07) is 20.8. The molecule has 0 radical (unpaired) electrons. The molecule has 186 valence electrons. The molecule has 1 N–H and O–H groups in total. The van der Waals surface area contributed by atoms with E-state index in [0.29, 0.717) is 27.9 Å². The first-order valence-corrected chi connectivity index (χ1v) is 12.5. The maximum Gasteiger partial charge on any atom is 0.258 e. The first kappa shape index (κ1) is 26.0. The second-order valence-electron chi connectivity index (χ2n) is 8.90. The number of hydrogen-bond donors (Lipinski definition) is 1. The van der Waals surface area contributed by atoms with E-state index in [1.165, 1.54) is 0 Å². The van der Waals surface area contributed by atoms with Crippen molar-refractivity contribution in [3.8, 4) is 22.9 Å². The highest BCUT2D eigenvalue weighted by Crippen LogP contribution is 2.32. The number of amides is 1. The van der Waals surface area contributed by atoms with Gasteiger partial charge in [0, 0.05) is 44.8 Å². The summed E-state index contributed by atoms with van der Waals surface area (Å²) in [6.07, 6.45) is 0. The first-order chi connectivity index (χ1) is 17.4. The topological polar surface area (TPSA) is 68.6 Å². The highest BCUT2D eigenvalue weighted by atomic mass is 35.5. The minimum Gasteiger partial charge on any atom is -0.483 e. The van der Waals surface area contributed by atoms with Crippen molar-refractivity contribution < 1.29 is 9.53 Å². The van der Waals surface area contributed by atoms with E-state index in [2.05, 4.69) is 34.3 Å². The Labute approximate surface area is 222 Å². The second kappa shape index (κ2) is 12.2. The molecule has 36 heavy (non-hydrogen) atoms. The van der Waals surface area contributed by atoms with E-state index in [4.69, 9.17) is 33.2 Å². The molecule has 0 spiro atoms. The number of carbonyl (C=O) groups excluding carboxylic acids is 1. The zero-order chi connectivity index (χ0) is 25.5. The summed E-state index contributed by atoms with van der Waals surface area (Å²) in [4.78, 5) is 17.2. The van der Waals surface area contributed by atoms with Crippen LogP contribution in [0.3, 0.4) is 0 Å². The number of halogens is 2. The predicted octanol–water partition coefficient (Wildman–Crippen LogP) is 4.97. The average Bonchev–Trinajstić information content (AvgIpc) is 2.90. The summed E-state index contributed by atoms with van der Waals surface area (Å²) in [7, 11) is 2.13. The van der Waals surface area contributed by atoms with E-state index in [-0.39, 0.29) is 12.5 Å². The maximum absolute atomic E-state index is 12.5. The van der Waals surface area contributed by atoms with Crippen molar-refractivity contribution in [3.05, 3.63) is 87.4 Å². The molecule has 0 bridgehead atoms. The number of likely N-dealkylation sites (N-methyl/N-ethyl adjacent to an activating group) is 1. The van der Waals surface area contributed by atoms with Gasteiger partial charge in [0.2, 0.25) is 0 Å². The fraction of sp³-hybridized carbons (Fsp3) is 0.286. The molecular weight excluding hydrogens is 495 g/mol. The molecule has 3 aromatic rings. The molecule has 1 amide bonds. The van der Waals surface area contributed by atoms with Crippen LogP contribution >= 0.6 is 23.2 Å². The molecule has 1 saturated heterocycles. The molecule has 1 aliphatic heterocycles. The molecule has 8 heteroatoms. The Morgan fingerprint density at radius 2 is 1.67 bits per heavy atom. The smallest absolute Gasteiger partial charge is 0.258 e. The van der Waals surface area contributed by atoms with E-state index in [1.807, 2.05) is 36.4 Å². The molecule has 1 heterocycles. The molecule has 0 saturated carbocycles. The van der Waals surface area contributed by atoms with Crippen LogP contribution in [0.25, 0.3) is 11.1 Å². The van der Waals surface area contributed by atoms with Gasteiger partial charge in [0.1, 0.15) is 5.75 Å². The molecule has 1 aliphatic rings. The van der Waals surface area contributed by atoms with Gasteiger partial charge < -0.3 is 15.0 Å². The lowest BCUT2D eigenvalue weighted by Gasteiger charge is -2.32. The van der Waals surface area contributed by atoms with Crippen LogP contribution in [0.15, 0.2) is 60.7 Å². The van der Waals surface area contributed by atoms with Gasteiger partial charge in [0.05, 0.1) is 21.7 Å². The first-order valence-electron chi connectivity index (χ1n) is 11.8. The summed E-state index contributed by atoms with van der Waals surface area (Å²) >= 11 is 12.4. The van der Waals surface area contributed by atoms with Gasteiger partial charge >= 0.3 is 0 Å². The molecule has 0 atom stereocenters. The highest BCUT2D eigenvalue weighted by molar-refractivity contribution is 6.42. The third-order valence-electron chi connectivity index (χ3n) is 6.23. The highest BCUT2D eigenvalue weighted by Gasteiger charge is 2.17. The number of nitriles is 1. The number of benzene rings is 3. The van der Waals surface area contributed by atoms with Crippen molar-refractivity contribution >= 4 is 29.1 Å². The lowest BCUT2D eigenvalue weighted by molar-refractivity contribution is -0.123. The SMILES string of the molecule is CN1CCN(Cc2cc(-c3ccc(Cl)c(Cl)c3)ccc2OCC(=O)NCc2ccc(C#N)cc2)CC1. The van der Waals surface area contributed by atoms with Gasteiger partial charge in [-0.15, -0.1) is 0 Å². The van der Waals surface area contributed by atoms with E-state index in [1.54, 1.807) is 18.2 Å². The molecule has 3 aromatic carbocycles. The Kier molecular flexibility index (Phi) is 8.84. The van der Waals surface area contributed by atoms with Crippen LogP contribution in [0.1, 0.15) is 16.7 Å². The number of rotatable bonds is 8. The van der Waals surface area contributed by atoms with Crippen molar-refractivity contribution in [2.45, 2.75) is 13.1 Å². The van der Waals surface area contributed by atoms with Crippen LogP contribution < -0.4 is 10.1 Å². The molecule has 0 aromatic heterocycles. The number of carbonyl (C=O) groups is 1. The normalized spacial score (nSPS) is 14.3. The number of nitrogens with one attached hydrogen (secondary N) is 1. The summed E-state index contributed by atoms with van der Waals surface area (Å²) in [6.45, 7) is 4.98. The number of nitrogens with zero attached hydrogens (tertiary/aromatic N) is 3. The van der Waals surface area contributed by atoms with E-state index in [0.717, 1.165) is 55.0 Å². The van der Waals surface area contributed by atoms with E-state index < -0.39 is 0 Å². The zero-order valence-corrected chi connectivity index (χ0v) is 21.6. The van der Waals surface area contributed by atoms with Crippen molar-refractivity contribution in [2.24, 2.45) is 0 Å². The van der Waals surface area contributed by atoms with Gasteiger partial charge in [-0.2, -0.15) is 5.26 Å². The van der Waals surface area contributed by atoms with Crippen molar-refractivity contribution in [1.82, 2.24) is 15.1 Å². The zero-order valence-electron chi connectivity index (χ0n) is 20.1. The van der Waals surface area contributed by atoms with Crippen LogP contribution in [0, 0.1) is 11.3 Å².